The first-order valence-electron chi connectivity index (χ1n) is 6.72. The van der Waals surface area contributed by atoms with Crippen molar-refractivity contribution in [2.45, 2.75) is 0 Å². The molecule has 0 atom stereocenters. The van der Waals surface area contributed by atoms with Crippen LogP contribution in [0.15, 0.2) is 48.5 Å². The van der Waals surface area contributed by atoms with Gasteiger partial charge in [-0.3, -0.25) is 4.90 Å². The zero-order chi connectivity index (χ0) is 15.9. The average molecular weight is 306 g/mol. The van der Waals surface area contributed by atoms with E-state index in [-0.39, 0.29) is 24.9 Å². The number of urea groups is 1. The second-order valence-corrected chi connectivity index (χ2v) is 4.55. The molecule has 0 aromatic heterocycles. The fourth-order valence-electron chi connectivity index (χ4n) is 1.78. The minimum atomic E-state index is -0.967. The molecule has 0 aliphatic heterocycles. The van der Waals surface area contributed by atoms with Gasteiger partial charge in [-0.15, -0.1) is 0 Å². The molecule has 2 amide bonds. The van der Waals surface area contributed by atoms with Gasteiger partial charge in [0.15, 0.2) is 11.6 Å². The van der Waals surface area contributed by atoms with Crippen LogP contribution in [0.5, 0.6) is 5.75 Å². The van der Waals surface area contributed by atoms with Crippen molar-refractivity contribution < 1.29 is 18.3 Å². The predicted molar refractivity (Wildman–Crippen MR) is 80.1 cm³/mol. The predicted octanol–water partition coefficient (Wildman–Crippen LogP) is 3.19. The van der Waals surface area contributed by atoms with Crippen molar-refractivity contribution in [1.29, 1.82) is 0 Å². The number of ether oxygens (including phenoxy) is 1. The SMILES string of the molecule is CN(C(=O)NCCOc1ccc(F)c(F)c1)c1ccccc1. The number of carbonyl (C=O) groups is 1. The van der Waals surface area contributed by atoms with E-state index < -0.39 is 11.6 Å². The van der Waals surface area contributed by atoms with Crippen LogP contribution in [-0.2, 0) is 0 Å². The van der Waals surface area contributed by atoms with Crippen molar-refractivity contribution in [2.24, 2.45) is 0 Å². The molecule has 116 valence electrons. The highest BCUT2D eigenvalue weighted by Crippen LogP contribution is 2.15. The lowest BCUT2D eigenvalue weighted by molar-refractivity contribution is 0.243. The number of para-hydroxylation sites is 1. The summed E-state index contributed by atoms with van der Waals surface area (Å²) in [7, 11) is 1.65. The van der Waals surface area contributed by atoms with Crippen LogP contribution >= 0.6 is 0 Å². The van der Waals surface area contributed by atoms with Gasteiger partial charge in [0, 0.05) is 18.8 Å². The maximum atomic E-state index is 13.0. The van der Waals surface area contributed by atoms with E-state index in [9.17, 15) is 13.6 Å². The Morgan fingerprint density at radius 3 is 2.55 bits per heavy atom. The lowest BCUT2D eigenvalue weighted by Crippen LogP contribution is -2.39. The van der Waals surface area contributed by atoms with E-state index in [1.165, 1.54) is 11.0 Å². The first kappa shape index (κ1) is 15.8. The van der Waals surface area contributed by atoms with Crippen LogP contribution in [-0.4, -0.2) is 26.2 Å². The van der Waals surface area contributed by atoms with Crippen molar-refractivity contribution in [3.05, 3.63) is 60.2 Å². The highest BCUT2D eigenvalue weighted by atomic mass is 19.2. The Balaban J connectivity index is 1.76. The van der Waals surface area contributed by atoms with E-state index >= 15 is 0 Å². The Morgan fingerprint density at radius 1 is 1.14 bits per heavy atom. The van der Waals surface area contributed by atoms with Crippen LogP contribution in [0.1, 0.15) is 0 Å². The number of carbonyl (C=O) groups excluding carboxylic acids is 1. The van der Waals surface area contributed by atoms with Gasteiger partial charge in [0.25, 0.3) is 0 Å². The zero-order valence-corrected chi connectivity index (χ0v) is 12.1. The molecule has 0 fully saturated rings. The van der Waals surface area contributed by atoms with Gasteiger partial charge >= 0.3 is 6.03 Å². The molecule has 0 aliphatic carbocycles. The molecule has 0 aliphatic rings. The molecule has 0 unspecified atom stereocenters. The van der Waals surface area contributed by atoms with E-state index in [1.54, 1.807) is 7.05 Å². The van der Waals surface area contributed by atoms with Crippen molar-refractivity contribution in [3.8, 4) is 5.75 Å². The molecule has 0 bridgehead atoms. The van der Waals surface area contributed by atoms with Gasteiger partial charge in [0.1, 0.15) is 12.4 Å². The molecule has 0 radical (unpaired) electrons. The van der Waals surface area contributed by atoms with Crippen LogP contribution in [0.2, 0.25) is 0 Å². The molecule has 22 heavy (non-hydrogen) atoms. The Bertz CT molecular complexity index is 635. The molecule has 2 aromatic carbocycles. The van der Waals surface area contributed by atoms with Gasteiger partial charge < -0.3 is 10.1 Å². The van der Waals surface area contributed by atoms with E-state index in [0.29, 0.717) is 0 Å². The molecule has 1 N–H and O–H groups in total. The number of hydrogen-bond acceptors (Lipinski definition) is 2. The van der Waals surface area contributed by atoms with E-state index in [1.807, 2.05) is 30.3 Å². The average Bonchev–Trinajstić information content (AvgIpc) is 2.54. The number of anilines is 1. The quantitative estimate of drug-likeness (QED) is 0.862. The van der Waals surface area contributed by atoms with Crippen molar-refractivity contribution in [3.63, 3.8) is 0 Å². The third-order valence-electron chi connectivity index (χ3n) is 2.99. The number of nitrogens with one attached hydrogen (secondary N) is 1. The second-order valence-electron chi connectivity index (χ2n) is 4.55. The zero-order valence-electron chi connectivity index (χ0n) is 12.1. The van der Waals surface area contributed by atoms with Crippen LogP contribution in [0, 0.1) is 11.6 Å². The van der Waals surface area contributed by atoms with E-state index in [2.05, 4.69) is 5.32 Å². The standard InChI is InChI=1S/C16H16F2N2O2/c1-20(12-5-3-2-4-6-12)16(21)19-9-10-22-13-7-8-14(17)15(18)11-13/h2-8,11H,9-10H2,1H3,(H,19,21). The number of hydrogen-bond donors (Lipinski definition) is 1. The van der Waals surface area contributed by atoms with Gasteiger partial charge in [0.2, 0.25) is 0 Å². The van der Waals surface area contributed by atoms with Gasteiger partial charge in [-0.25, -0.2) is 13.6 Å². The summed E-state index contributed by atoms with van der Waals surface area (Å²) in [5.41, 5.74) is 0.765. The van der Waals surface area contributed by atoms with Crippen molar-refractivity contribution in [1.82, 2.24) is 5.32 Å². The smallest absolute Gasteiger partial charge is 0.321 e. The van der Waals surface area contributed by atoms with Gasteiger partial charge in [0.05, 0.1) is 6.54 Å². The summed E-state index contributed by atoms with van der Waals surface area (Å²) < 4.78 is 31.0. The van der Waals surface area contributed by atoms with Gasteiger partial charge in [-0.2, -0.15) is 0 Å². The highest BCUT2D eigenvalue weighted by molar-refractivity contribution is 5.91. The normalized spacial score (nSPS) is 10.1. The summed E-state index contributed by atoms with van der Waals surface area (Å²) in [4.78, 5) is 13.4. The van der Waals surface area contributed by atoms with Crippen LogP contribution in [0.3, 0.4) is 0 Å². The second kappa shape index (κ2) is 7.40. The molecule has 2 aromatic rings. The molecular formula is C16H16F2N2O2. The maximum absolute atomic E-state index is 13.0. The van der Waals surface area contributed by atoms with Crippen LogP contribution in [0.4, 0.5) is 19.3 Å². The van der Waals surface area contributed by atoms with Crippen LogP contribution in [0.25, 0.3) is 0 Å². The topological polar surface area (TPSA) is 41.6 Å². The lowest BCUT2D eigenvalue weighted by atomic mass is 10.3. The Labute approximate surface area is 127 Å². The fourth-order valence-corrected chi connectivity index (χ4v) is 1.78. The van der Waals surface area contributed by atoms with Crippen molar-refractivity contribution >= 4 is 11.7 Å². The molecule has 6 heteroatoms. The third kappa shape index (κ3) is 4.18. The molecule has 2 rings (SSSR count). The molecule has 0 saturated carbocycles. The number of nitrogens with zero attached hydrogens (tertiary/aromatic N) is 1. The van der Waals surface area contributed by atoms with E-state index in [0.717, 1.165) is 17.8 Å². The number of rotatable bonds is 5. The van der Waals surface area contributed by atoms with Crippen molar-refractivity contribution in [2.75, 3.05) is 25.1 Å². The lowest BCUT2D eigenvalue weighted by Gasteiger charge is -2.18. The summed E-state index contributed by atoms with van der Waals surface area (Å²) in [6, 6.07) is 12.2. The minimum absolute atomic E-state index is 0.152. The monoisotopic (exact) mass is 306 g/mol. The number of benzene rings is 2. The molecule has 0 heterocycles. The summed E-state index contributed by atoms with van der Waals surface area (Å²) in [5, 5.41) is 2.67. The van der Waals surface area contributed by atoms with E-state index in [4.69, 9.17) is 4.74 Å². The minimum Gasteiger partial charge on any atom is -0.492 e. The Kier molecular flexibility index (Phi) is 5.30. The largest absolute Gasteiger partial charge is 0.492 e. The number of amides is 2. The Morgan fingerprint density at radius 2 is 1.86 bits per heavy atom. The summed E-state index contributed by atoms with van der Waals surface area (Å²) in [5.74, 6) is -1.68. The molecular weight excluding hydrogens is 290 g/mol. The third-order valence-corrected chi connectivity index (χ3v) is 2.99. The highest BCUT2D eigenvalue weighted by Gasteiger charge is 2.09. The molecule has 4 nitrogen and oxygen atoms in total. The fraction of sp³-hybridized carbons (Fsp3) is 0.188. The molecule has 0 saturated heterocycles. The molecule has 0 spiro atoms. The number of halogens is 2. The Hall–Kier alpha value is -2.63. The summed E-state index contributed by atoms with van der Waals surface area (Å²) in [6.45, 7) is 0.397. The summed E-state index contributed by atoms with van der Waals surface area (Å²) >= 11 is 0. The first-order chi connectivity index (χ1) is 10.6. The van der Waals surface area contributed by atoms with Gasteiger partial charge in [-0.1, -0.05) is 18.2 Å². The van der Waals surface area contributed by atoms with Gasteiger partial charge in [-0.05, 0) is 24.3 Å². The summed E-state index contributed by atoms with van der Waals surface area (Å²) in [6.07, 6.45) is 0. The van der Waals surface area contributed by atoms with Crippen LogP contribution < -0.4 is 15.0 Å². The maximum Gasteiger partial charge on any atom is 0.321 e. The first-order valence-corrected chi connectivity index (χ1v) is 6.72.